The molecule has 1 saturated heterocycles. The van der Waals surface area contributed by atoms with Gasteiger partial charge in [0, 0.05) is 12.0 Å². The van der Waals surface area contributed by atoms with Crippen LogP contribution in [0, 0.1) is 0 Å². The molecule has 2 heterocycles. The van der Waals surface area contributed by atoms with Crippen LogP contribution in [-0.4, -0.2) is 51.8 Å². The normalized spacial score (nSPS) is 23.7. The van der Waals surface area contributed by atoms with E-state index in [-0.39, 0.29) is 31.1 Å². The van der Waals surface area contributed by atoms with Crippen molar-refractivity contribution in [2.24, 2.45) is 0 Å². The van der Waals surface area contributed by atoms with Crippen molar-refractivity contribution in [3.05, 3.63) is 5.89 Å². The van der Waals surface area contributed by atoms with E-state index in [0.717, 1.165) is 32.2 Å². The number of anilines is 1. The Morgan fingerprint density at radius 1 is 1.42 bits per heavy atom. The Hall–Kier alpha value is -1.47. The SMILES string of the molecule is O=C(CN1CCC[C@@H]1CO)Nc1nnc(C2CC2)o1. The van der Waals surface area contributed by atoms with E-state index < -0.39 is 0 Å². The summed E-state index contributed by atoms with van der Waals surface area (Å²) in [6.07, 6.45) is 4.13. The second kappa shape index (κ2) is 5.26. The monoisotopic (exact) mass is 266 g/mol. The maximum atomic E-state index is 11.9. The van der Waals surface area contributed by atoms with E-state index in [1.165, 1.54) is 0 Å². The van der Waals surface area contributed by atoms with Crippen LogP contribution in [0.5, 0.6) is 0 Å². The van der Waals surface area contributed by atoms with Gasteiger partial charge in [-0.05, 0) is 32.2 Å². The van der Waals surface area contributed by atoms with E-state index in [1.54, 1.807) is 0 Å². The molecule has 3 rings (SSSR count). The standard InChI is InChI=1S/C12H18N4O3/c17-7-9-2-1-5-16(9)6-10(18)13-12-15-14-11(19-12)8-3-4-8/h8-9,17H,1-7H2,(H,13,15,18)/t9-/m1/s1. The van der Waals surface area contributed by atoms with Gasteiger partial charge in [0.25, 0.3) is 0 Å². The minimum atomic E-state index is -0.175. The Morgan fingerprint density at radius 2 is 2.26 bits per heavy atom. The molecular formula is C12H18N4O3. The fourth-order valence-electron chi connectivity index (χ4n) is 2.43. The van der Waals surface area contributed by atoms with Crippen LogP contribution >= 0.6 is 0 Å². The number of carbonyl (C=O) groups is 1. The quantitative estimate of drug-likeness (QED) is 0.798. The average Bonchev–Trinajstić information content (AvgIpc) is 2.98. The number of aliphatic hydroxyl groups excluding tert-OH is 1. The van der Waals surface area contributed by atoms with Crippen LogP contribution in [-0.2, 0) is 4.79 Å². The highest BCUT2D eigenvalue weighted by atomic mass is 16.4. The fraction of sp³-hybridized carbons (Fsp3) is 0.750. The zero-order chi connectivity index (χ0) is 13.2. The van der Waals surface area contributed by atoms with Gasteiger partial charge < -0.3 is 9.52 Å². The minimum Gasteiger partial charge on any atom is -0.408 e. The molecule has 1 aromatic heterocycles. The number of nitrogens with one attached hydrogen (secondary N) is 1. The lowest BCUT2D eigenvalue weighted by Crippen LogP contribution is -2.38. The van der Waals surface area contributed by atoms with Gasteiger partial charge in [0.05, 0.1) is 13.2 Å². The molecule has 0 radical (unpaired) electrons. The van der Waals surface area contributed by atoms with Crippen molar-refractivity contribution in [2.45, 2.75) is 37.6 Å². The summed E-state index contributed by atoms with van der Waals surface area (Å²) in [7, 11) is 0. The number of aliphatic hydroxyl groups is 1. The van der Waals surface area contributed by atoms with Crippen molar-refractivity contribution in [1.29, 1.82) is 0 Å². The van der Waals surface area contributed by atoms with Crippen molar-refractivity contribution >= 4 is 11.9 Å². The Balaban J connectivity index is 1.52. The van der Waals surface area contributed by atoms with E-state index in [0.29, 0.717) is 11.8 Å². The highest BCUT2D eigenvalue weighted by molar-refractivity contribution is 5.90. The molecule has 0 aromatic carbocycles. The molecule has 19 heavy (non-hydrogen) atoms. The van der Waals surface area contributed by atoms with Crippen molar-refractivity contribution in [3.63, 3.8) is 0 Å². The van der Waals surface area contributed by atoms with E-state index in [2.05, 4.69) is 15.5 Å². The van der Waals surface area contributed by atoms with E-state index >= 15 is 0 Å². The van der Waals surface area contributed by atoms with Crippen molar-refractivity contribution in [3.8, 4) is 0 Å². The van der Waals surface area contributed by atoms with Crippen LogP contribution in [0.1, 0.15) is 37.5 Å². The second-order valence-corrected chi connectivity index (χ2v) is 5.22. The lowest BCUT2D eigenvalue weighted by atomic mass is 10.2. The molecule has 1 aliphatic heterocycles. The van der Waals surface area contributed by atoms with Crippen LogP contribution in [0.3, 0.4) is 0 Å². The fourth-order valence-corrected chi connectivity index (χ4v) is 2.43. The number of carbonyl (C=O) groups excluding carboxylic acids is 1. The summed E-state index contributed by atoms with van der Waals surface area (Å²) in [4.78, 5) is 13.8. The summed E-state index contributed by atoms with van der Waals surface area (Å²) in [5, 5.41) is 19.5. The highest BCUT2D eigenvalue weighted by Crippen LogP contribution is 2.39. The number of rotatable bonds is 5. The van der Waals surface area contributed by atoms with Gasteiger partial charge in [-0.1, -0.05) is 5.10 Å². The van der Waals surface area contributed by atoms with Crippen LogP contribution in [0.4, 0.5) is 6.01 Å². The van der Waals surface area contributed by atoms with Gasteiger partial charge in [0.1, 0.15) is 0 Å². The Morgan fingerprint density at radius 3 is 3.00 bits per heavy atom. The van der Waals surface area contributed by atoms with Gasteiger partial charge in [-0.2, -0.15) is 0 Å². The number of hydrogen-bond donors (Lipinski definition) is 2. The molecule has 7 nitrogen and oxygen atoms in total. The first-order valence-corrected chi connectivity index (χ1v) is 6.74. The molecule has 2 N–H and O–H groups in total. The summed E-state index contributed by atoms with van der Waals surface area (Å²) >= 11 is 0. The smallest absolute Gasteiger partial charge is 0.322 e. The molecule has 1 aromatic rings. The molecule has 0 spiro atoms. The largest absolute Gasteiger partial charge is 0.408 e. The van der Waals surface area contributed by atoms with Crippen LogP contribution in [0.15, 0.2) is 4.42 Å². The molecule has 0 bridgehead atoms. The number of hydrogen-bond acceptors (Lipinski definition) is 6. The lowest BCUT2D eigenvalue weighted by Gasteiger charge is -2.21. The first kappa shape index (κ1) is 12.6. The van der Waals surface area contributed by atoms with Crippen LogP contribution in [0.2, 0.25) is 0 Å². The van der Waals surface area contributed by atoms with E-state index in [9.17, 15) is 9.90 Å². The van der Waals surface area contributed by atoms with E-state index in [4.69, 9.17) is 4.42 Å². The molecule has 2 aliphatic rings. The average molecular weight is 266 g/mol. The maximum absolute atomic E-state index is 11.9. The van der Waals surface area contributed by atoms with Crippen LogP contribution < -0.4 is 5.32 Å². The number of nitrogens with zero attached hydrogens (tertiary/aromatic N) is 3. The number of amides is 1. The topological polar surface area (TPSA) is 91.5 Å². The maximum Gasteiger partial charge on any atom is 0.322 e. The van der Waals surface area contributed by atoms with Crippen molar-refractivity contribution < 1.29 is 14.3 Å². The van der Waals surface area contributed by atoms with E-state index in [1.807, 2.05) is 4.90 Å². The lowest BCUT2D eigenvalue weighted by molar-refractivity contribution is -0.117. The van der Waals surface area contributed by atoms with Gasteiger partial charge in [0.15, 0.2) is 0 Å². The highest BCUT2D eigenvalue weighted by Gasteiger charge is 2.30. The van der Waals surface area contributed by atoms with Crippen molar-refractivity contribution in [1.82, 2.24) is 15.1 Å². The third-order valence-corrected chi connectivity index (χ3v) is 3.67. The number of likely N-dealkylation sites (tertiary alicyclic amines) is 1. The van der Waals surface area contributed by atoms with Gasteiger partial charge in [-0.3, -0.25) is 15.0 Å². The summed E-state index contributed by atoms with van der Waals surface area (Å²) in [5.41, 5.74) is 0. The van der Waals surface area contributed by atoms with Gasteiger partial charge >= 0.3 is 6.01 Å². The molecule has 1 aliphatic carbocycles. The Bertz CT molecular complexity index is 458. The summed E-state index contributed by atoms with van der Waals surface area (Å²) in [5.74, 6) is 0.826. The van der Waals surface area contributed by atoms with Gasteiger partial charge in [0.2, 0.25) is 11.8 Å². The summed E-state index contributed by atoms with van der Waals surface area (Å²) in [6.45, 7) is 1.20. The molecule has 0 unspecified atom stereocenters. The third-order valence-electron chi connectivity index (χ3n) is 3.67. The molecule has 104 valence electrons. The Kier molecular flexibility index (Phi) is 3.48. The zero-order valence-corrected chi connectivity index (χ0v) is 10.7. The van der Waals surface area contributed by atoms with Gasteiger partial charge in [-0.15, -0.1) is 5.10 Å². The zero-order valence-electron chi connectivity index (χ0n) is 10.7. The minimum absolute atomic E-state index is 0.0930. The molecule has 1 atom stereocenters. The molecule has 1 saturated carbocycles. The van der Waals surface area contributed by atoms with Gasteiger partial charge in [-0.25, -0.2) is 0 Å². The van der Waals surface area contributed by atoms with Crippen molar-refractivity contribution in [2.75, 3.05) is 25.0 Å². The second-order valence-electron chi connectivity index (χ2n) is 5.22. The molecular weight excluding hydrogens is 248 g/mol. The molecule has 7 heteroatoms. The molecule has 2 fully saturated rings. The Labute approximate surface area is 111 Å². The summed E-state index contributed by atoms with van der Waals surface area (Å²) < 4.78 is 5.37. The molecule has 1 amide bonds. The predicted molar refractivity (Wildman–Crippen MR) is 66.6 cm³/mol. The number of aromatic nitrogens is 2. The predicted octanol–water partition coefficient (Wildman–Crippen LogP) is 0.342. The first-order chi connectivity index (χ1) is 9.26. The van der Waals surface area contributed by atoms with Crippen LogP contribution in [0.25, 0.3) is 0 Å². The summed E-state index contributed by atoms with van der Waals surface area (Å²) in [6, 6.07) is 0.266. The third kappa shape index (κ3) is 2.93. The first-order valence-electron chi connectivity index (χ1n) is 6.74.